The van der Waals surface area contributed by atoms with Crippen LogP contribution < -0.4 is 10.5 Å². The normalized spacial score (nSPS) is 18.6. The van der Waals surface area contributed by atoms with E-state index in [0.717, 1.165) is 19.0 Å². The summed E-state index contributed by atoms with van der Waals surface area (Å²) in [5, 5.41) is 15.0. The molecule has 16 heavy (non-hydrogen) atoms. The third-order valence-corrected chi connectivity index (χ3v) is 4.28. The number of nitrogen functional groups attached to an aromatic ring is 1. The highest BCUT2D eigenvalue weighted by Crippen LogP contribution is 2.44. The van der Waals surface area contributed by atoms with Gasteiger partial charge >= 0.3 is 0 Å². The lowest BCUT2D eigenvalue weighted by atomic mass is 10.1. The first-order valence-electron chi connectivity index (χ1n) is 4.88. The molecule has 0 radical (unpaired) electrons. The third kappa shape index (κ3) is 2.04. The number of rotatable bonds is 5. The molecule has 0 amide bonds. The molecule has 0 atom stereocenters. The Labute approximate surface area is 93.1 Å². The lowest BCUT2D eigenvalue weighted by Gasteiger charge is -2.12. The SMILES string of the molecule is Nc1[nH]ncc1S(=O)(=O)NCC1(CO)CC1. The zero-order chi connectivity index (χ0) is 11.8. The molecule has 0 unspecified atom stereocenters. The summed E-state index contributed by atoms with van der Waals surface area (Å²) in [7, 11) is -3.63. The van der Waals surface area contributed by atoms with E-state index in [1.54, 1.807) is 0 Å². The average molecular weight is 246 g/mol. The summed E-state index contributed by atoms with van der Waals surface area (Å²) >= 11 is 0. The quantitative estimate of drug-likeness (QED) is 0.533. The van der Waals surface area contributed by atoms with E-state index in [1.165, 1.54) is 0 Å². The van der Waals surface area contributed by atoms with E-state index < -0.39 is 10.0 Å². The molecule has 1 aliphatic rings. The number of hydrogen-bond donors (Lipinski definition) is 4. The lowest BCUT2D eigenvalue weighted by Crippen LogP contribution is -2.32. The van der Waals surface area contributed by atoms with E-state index in [9.17, 15) is 8.42 Å². The largest absolute Gasteiger partial charge is 0.396 e. The van der Waals surface area contributed by atoms with Crippen molar-refractivity contribution < 1.29 is 13.5 Å². The van der Waals surface area contributed by atoms with Crippen LogP contribution in [0.15, 0.2) is 11.1 Å². The second-order valence-electron chi connectivity index (χ2n) is 4.13. The molecule has 1 fully saturated rings. The van der Waals surface area contributed by atoms with Crippen molar-refractivity contribution in [3.63, 3.8) is 0 Å². The minimum Gasteiger partial charge on any atom is -0.396 e. The van der Waals surface area contributed by atoms with Crippen molar-refractivity contribution in [3.8, 4) is 0 Å². The molecule has 1 heterocycles. The maximum Gasteiger partial charge on any atom is 0.245 e. The fourth-order valence-corrected chi connectivity index (χ4v) is 2.57. The first-order valence-corrected chi connectivity index (χ1v) is 6.37. The van der Waals surface area contributed by atoms with Crippen LogP contribution >= 0.6 is 0 Å². The summed E-state index contributed by atoms with van der Waals surface area (Å²) in [6.45, 7) is 0.229. The fourth-order valence-electron chi connectivity index (χ4n) is 1.39. The Morgan fingerprint density at radius 1 is 1.62 bits per heavy atom. The van der Waals surface area contributed by atoms with Crippen molar-refractivity contribution in [1.29, 1.82) is 0 Å². The highest BCUT2D eigenvalue weighted by Gasteiger charge is 2.42. The number of aliphatic hydroxyl groups is 1. The number of aromatic amines is 1. The highest BCUT2D eigenvalue weighted by molar-refractivity contribution is 7.89. The van der Waals surface area contributed by atoms with Crippen molar-refractivity contribution in [2.45, 2.75) is 17.7 Å². The second-order valence-corrected chi connectivity index (χ2v) is 5.87. The first kappa shape index (κ1) is 11.4. The third-order valence-electron chi connectivity index (χ3n) is 2.85. The van der Waals surface area contributed by atoms with Gasteiger partial charge in [0.2, 0.25) is 10.0 Å². The maximum atomic E-state index is 11.8. The Bertz CT molecular complexity index is 477. The first-order chi connectivity index (χ1) is 7.49. The Kier molecular flexibility index (Phi) is 2.64. The Hall–Kier alpha value is -1.12. The van der Waals surface area contributed by atoms with Crippen molar-refractivity contribution in [2.24, 2.45) is 5.41 Å². The number of hydrogen-bond acceptors (Lipinski definition) is 5. The van der Waals surface area contributed by atoms with Gasteiger partial charge in [0.25, 0.3) is 0 Å². The molecule has 2 rings (SSSR count). The minimum atomic E-state index is -3.63. The maximum absolute atomic E-state index is 11.8. The van der Waals surface area contributed by atoms with Crippen LogP contribution in [0.2, 0.25) is 0 Å². The van der Waals surface area contributed by atoms with Gasteiger partial charge in [0.05, 0.1) is 6.20 Å². The molecule has 7 nitrogen and oxygen atoms in total. The molecular weight excluding hydrogens is 232 g/mol. The molecule has 0 bridgehead atoms. The molecule has 1 saturated carbocycles. The van der Waals surface area contributed by atoms with Gasteiger partial charge in [-0.15, -0.1) is 0 Å². The van der Waals surface area contributed by atoms with Crippen LogP contribution in [-0.2, 0) is 10.0 Å². The van der Waals surface area contributed by atoms with Gasteiger partial charge in [-0.05, 0) is 12.8 Å². The molecule has 1 aliphatic carbocycles. The standard InChI is InChI=1S/C8H14N4O3S/c9-7-6(3-10-12-7)16(14,15)11-4-8(5-13)1-2-8/h3,11,13H,1-2,4-5H2,(H3,9,10,12). The van der Waals surface area contributed by atoms with E-state index in [1.807, 2.05) is 0 Å². The molecule has 0 aromatic carbocycles. The van der Waals surface area contributed by atoms with Gasteiger partial charge in [0.15, 0.2) is 0 Å². The molecule has 8 heteroatoms. The summed E-state index contributed by atoms with van der Waals surface area (Å²) in [5.41, 5.74) is 5.16. The molecule has 1 aromatic heterocycles. The van der Waals surface area contributed by atoms with Gasteiger partial charge in [-0.25, -0.2) is 13.1 Å². The van der Waals surface area contributed by atoms with Crippen LogP contribution in [-0.4, -0.2) is 36.9 Å². The van der Waals surface area contributed by atoms with E-state index in [0.29, 0.717) is 0 Å². The number of H-pyrrole nitrogens is 1. The monoisotopic (exact) mass is 246 g/mol. The lowest BCUT2D eigenvalue weighted by molar-refractivity contribution is 0.213. The predicted molar refractivity (Wildman–Crippen MR) is 56.9 cm³/mol. The van der Waals surface area contributed by atoms with Crippen LogP contribution in [0.5, 0.6) is 0 Å². The van der Waals surface area contributed by atoms with Gasteiger partial charge in [-0.1, -0.05) is 0 Å². The van der Waals surface area contributed by atoms with Crippen LogP contribution in [0.3, 0.4) is 0 Å². The van der Waals surface area contributed by atoms with E-state index in [2.05, 4.69) is 14.9 Å². The Morgan fingerprint density at radius 2 is 2.31 bits per heavy atom. The van der Waals surface area contributed by atoms with Crippen molar-refractivity contribution in [2.75, 3.05) is 18.9 Å². The number of nitrogens with one attached hydrogen (secondary N) is 2. The number of anilines is 1. The van der Waals surface area contributed by atoms with Gasteiger partial charge in [-0.2, -0.15) is 5.10 Å². The molecule has 1 aromatic rings. The molecule has 5 N–H and O–H groups in total. The number of sulfonamides is 1. The van der Waals surface area contributed by atoms with Crippen LogP contribution in [0.1, 0.15) is 12.8 Å². The van der Waals surface area contributed by atoms with Gasteiger partial charge in [-0.3, -0.25) is 5.10 Å². The van der Waals surface area contributed by atoms with Gasteiger partial charge in [0, 0.05) is 18.6 Å². The zero-order valence-corrected chi connectivity index (χ0v) is 9.42. The van der Waals surface area contributed by atoms with Crippen LogP contribution in [0, 0.1) is 5.41 Å². The number of nitrogens with zero attached hydrogens (tertiary/aromatic N) is 1. The van der Waals surface area contributed by atoms with Gasteiger partial charge < -0.3 is 10.8 Å². The highest BCUT2D eigenvalue weighted by atomic mass is 32.2. The number of aromatic nitrogens is 2. The molecule has 90 valence electrons. The number of aliphatic hydroxyl groups excluding tert-OH is 1. The summed E-state index contributed by atoms with van der Waals surface area (Å²) in [5.74, 6) is 0.0151. The van der Waals surface area contributed by atoms with Crippen molar-refractivity contribution >= 4 is 15.8 Å². The van der Waals surface area contributed by atoms with E-state index in [-0.39, 0.29) is 29.3 Å². The zero-order valence-electron chi connectivity index (χ0n) is 8.60. The Morgan fingerprint density at radius 3 is 2.75 bits per heavy atom. The van der Waals surface area contributed by atoms with Crippen molar-refractivity contribution in [1.82, 2.24) is 14.9 Å². The fraction of sp³-hybridized carbons (Fsp3) is 0.625. The average Bonchev–Trinajstić information content (AvgIpc) is 2.91. The predicted octanol–water partition coefficient (Wildman–Crippen LogP) is -0.957. The summed E-state index contributed by atoms with van der Waals surface area (Å²) in [6.07, 6.45) is 2.84. The van der Waals surface area contributed by atoms with Crippen LogP contribution in [0.25, 0.3) is 0 Å². The summed E-state index contributed by atoms with van der Waals surface area (Å²) < 4.78 is 26.0. The number of nitrogens with two attached hydrogens (primary N) is 1. The topological polar surface area (TPSA) is 121 Å². The smallest absolute Gasteiger partial charge is 0.245 e. The summed E-state index contributed by atoms with van der Waals surface area (Å²) in [4.78, 5) is -0.0544. The molecule has 0 spiro atoms. The van der Waals surface area contributed by atoms with Crippen LogP contribution in [0.4, 0.5) is 5.82 Å². The Balaban J connectivity index is 2.07. The summed E-state index contributed by atoms with van der Waals surface area (Å²) in [6, 6.07) is 0. The molecule has 0 aliphatic heterocycles. The second kappa shape index (κ2) is 3.72. The van der Waals surface area contributed by atoms with Crippen molar-refractivity contribution in [3.05, 3.63) is 6.20 Å². The minimum absolute atomic E-state index is 0.00358. The van der Waals surface area contributed by atoms with Gasteiger partial charge in [0.1, 0.15) is 10.7 Å². The van der Waals surface area contributed by atoms with E-state index in [4.69, 9.17) is 10.8 Å². The molecular formula is C8H14N4O3S. The van der Waals surface area contributed by atoms with E-state index >= 15 is 0 Å². The molecule has 0 saturated heterocycles.